The molecular weight excluding hydrogens is 302 g/mol. The van der Waals surface area contributed by atoms with Crippen LogP contribution in [0.15, 0.2) is 59.1 Å². The number of rotatable bonds is 6. The first-order chi connectivity index (χ1) is 11.7. The largest absolute Gasteiger partial charge is 0.497 e. The molecule has 1 heterocycles. The van der Waals surface area contributed by atoms with Gasteiger partial charge in [0.2, 0.25) is 5.89 Å². The van der Waals surface area contributed by atoms with Crippen LogP contribution in [0.5, 0.6) is 5.75 Å². The number of nitrogens with zero attached hydrogens (tertiary/aromatic N) is 2. The van der Waals surface area contributed by atoms with E-state index in [1.807, 2.05) is 61.5 Å². The monoisotopic (exact) mass is 323 g/mol. The molecule has 0 fully saturated rings. The quantitative estimate of drug-likeness (QED) is 0.752. The lowest BCUT2D eigenvalue weighted by Crippen LogP contribution is -2.17. The molecule has 3 rings (SSSR count). The summed E-state index contributed by atoms with van der Waals surface area (Å²) >= 11 is 0. The minimum Gasteiger partial charge on any atom is -0.497 e. The lowest BCUT2D eigenvalue weighted by molar-refractivity contribution is 0.340. The Morgan fingerprint density at radius 1 is 1.08 bits per heavy atom. The first kappa shape index (κ1) is 16.2. The Hall–Kier alpha value is -2.66. The second kappa shape index (κ2) is 7.27. The van der Waals surface area contributed by atoms with Gasteiger partial charge in [-0.1, -0.05) is 54.5 Å². The molecule has 0 aliphatic rings. The van der Waals surface area contributed by atoms with Gasteiger partial charge in [0, 0.05) is 12.5 Å². The van der Waals surface area contributed by atoms with Crippen molar-refractivity contribution in [3.63, 3.8) is 0 Å². The first-order valence-corrected chi connectivity index (χ1v) is 7.93. The number of aromatic nitrogens is 2. The van der Waals surface area contributed by atoms with Crippen molar-refractivity contribution < 1.29 is 9.26 Å². The topological polar surface area (TPSA) is 74.2 Å². The van der Waals surface area contributed by atoms with Crippen molar-refractivity contribution in [2.24, 2.45) is 5.73 Å². The third-order valence-corrected chi connectivity index (χ3v) is 4.12. The average Bonchev–Trinajstić information content (AvgIpc) is 3.10. The van der Waals surface area contributed by atoms with Gasteiger partial charge in [0.15, 0.2) is 5.82 Å². The van der Waals surface area contributed by atoms with Gasteiger partial charge in [0.25, 0.3) is 0 Å². The molecule has 2 aromatic carbocycles. The summed E-state index contributed by atoms with van der Waals surface area (Å²) in [6, 6.07) is 17.6. The average molecular weight is 323 g/mol. The standard InChI is InChI=1S/C19H21N3O2/c1-13(18(20)15-6-4-3-5-7-15)19-21-17(22-24-19)12-14-8-10-16(23-2)11-9-14/h3-11,13,18H,12,20H2,1-2H3. The van der Waals surface area contributed by atoms with Crippen molar-refractivity contribution in [3.05, 3.63) is 77.4 Å². The van der Waals surface area contributed by atoms with Crippen LogP contribution in [0.25, 0.3) is 0 Å². The van der Waals surface area contributed by atoms with E-state index in [0.29, 0.717) is 18.1 Å². The van der Waals surface area contributed by atoms with Crippen molar-refractivity contribution in [3.8, 4) is 5.75 Å². The number of hydrogen-bond acceptors (Lipinski definition) is 5. The lowest BCUT2D eigenvalue weighted by atomic mass is 9.95. The highest BCUT2D eigenvalue weighted by molar-refractivity contribution is 5.29. The van der Waals surface area contributed by atoms with Crippen LogP contribution in [0.4, 0.5) is 0 Å². The van der Waals surface area contributed by atoms with Crippen molar-refractivity contribution in [1.82, 2.24) is 10.1 Å². The van der Waals surface area contributed by atoms with Gasteiger partial charge >= 0.3 is 0 Å². The van der Waals surface area contributed by atoms with Gasteiger partial charge in [-0.05, 0) is 23.3 Å². The van der Waals surface area contributed by atoms with Gasteiger partial charge in [-0.3, -0.25) is 0 Å². The molecular formula is C19H21N3O2. The highest BCUT2D eigenvalue weighted by Gasteiger charge is 2.22. The van der Waals surface area contributed by atoms with Crippen LogP contribution >= 0.6 is 0 Å². The fraction of sp³-hybridized carbons (Fsp3) is 0.263. The van der Waals surface area contributed by atoms with Crippen LogP contribution in [0.1, 0.15) is 41.7 Å². The molecule has 0 bridgehead atoms. The molecule has 0 saturated carbocycles. The van der Waals surface area contributed by atoms with Crippen LogP contribution < -0.4 is 10.5 Å². The van der Waals surface area contributed by atoms with Crippen LogP contribution in [0, 0.1) is 0 Å². The summed E-state index contributed by atoms with van der Waals surface area (Å²) < 4.78 is 10.6. The van der Waals surface area contributed by atoms with E-state index in [-0.39, 0.29) is 12.0 Å². The van der Waals surface area contributed by atoms with Crippen LogP contribution in [-0.2, 0) is 6.42 Å². The zero-order valence-corrected chi connectivity index (χ0v) is 13.8. The minimum atomic E-state index is -0.180. The van der Waals surface area contributed by atoms with Crippen molar-refractivity contribution in [1.29, 1.82) is 0 Å². The second-order valence-electron chi connectivity index (χ2n) is 5.80. The zero-order valence-electron chi connectivity index (χ0n) is 13.8. The predicted octanol–water partition coefficient (Wildman–Crippen LogP) is 3.47. The summed E-state index contributed by atoms with van der Waals surface area (Å²) in [6.45, 7) is 2.00. The van der Waals surface area contributed by atoms with E-state index in [1.54, 1.807) is 7.11 Å². The molecule has 0 aliphatic heterocycles. The fourth-order valence-electron chi connectivity index (χ4n) is 2.57. The number of hydrogen-bond donors (Lipinski definition) is 1. The Morgan fingerprint density at radius 3 is 2.46 bits per heavy atom. The number of ether oxygens (including phenoxy) is 1. The summed E-state index contributed by atoms with van der Waals surface area (Å²) in [5, 5.41) is 4.08. The van der Waals surface area contributed by atoms with Gasteiger partial charge in [0.05, 0.1) is 13.0 Å². The van der Waals surface area contributed by atoms with Gasteiger partial charge in [-0.15, -0.1) is 0 Å². The molecule has 2 N–H and O–H groups in total. The third kappa shape index (κ3) is 3.63. The van der Waals surface area contributed by atoms with E-state index >= 15 is 0 Å². The van der Waals surface area contributed by atoms with E-state index in [1.165, 1.54) is 0 Å². The summed E-state index contributed by atoms with van der Waals surface area (Å²) in [4.78, 5) is 4.51. The zero-order chi connectivity index (χ0) is 16.9. The Morgan fingerprint density at radius 2 is 1.79 bits per heavy atom. The number of nitrogens with two attached hydrogens (primary N) is 1. The Kier molecular flexibility index (Phi) is 4.91. The molecule has 124 valence electrons. The molecule has 2 atom stereocenters. The van der Waals surface area contributed by atoms with E-state index in [9.17, 15) is 0 Å². The summed E-state index contributed by atoms with van der Waals surface area (Å²) in [5.41, 5.74) is 8.48. The summed E-state index contributed by atoms with van der Waals surface area (Å²) in [7, 11) is 1.65. The summed E-state index contributed by atoms with van der Waals surface area (Å²) in [5.74, 6) is 2.00. The van der Waals surface area contributed by atoms with E-state index < -0.39 is 0 Å². The molecule has 24 heavy (non-hydrogen) atoms. The van der Waals surface area contributed by atoms with Gasteiger partial charge in [-0.2, -0.15) is 4.98 Å². The van der Waals surface area contributed by atoms with Crippen molar-refractivity contribution >= 4 is 0 Å². The molecule has 5 heteroatoms. The highest BCUT2D eigenvalue weighted by Crippen LogP contribution is 2.27. The predicted molar refractivity (Wildman–Crippen MR) is 91.9 cm³/mol. The highest BCUT2D eigenvalue weighted by atomic mass is 16.5. The fourth-order valence-corrected chi connectivity index (χ4v) is 2.57. The maximum absolute atomic E-state index is 6.32. The Labute approximate surface area is 141 Å². The normalized spacial score (nSPS) is 13.5. The molecule has 0 amide bonds. The first-order valence-electron chi connectivity index (χ1n) is 7.93. The van der Waals surface area contributed by atoms with Gasteiger partial charge in [0.1, 0.15) is 5.75 Å². The van der Waals surface area contributed by atoms with Crippen LogP contribution in [0.3, 0.4) is 0 Å². The number of benzene rings is 2. The SMILES string of the molecule is COc1ccc(Cc2noc(C(C)C(N)c3ccccc3)n2)cc1. The lowest BCUT2D eigenvalue weighted by Gasteiger charge is -2.16. The molecule has 0 saturated heterocycles. The molecule has 1 aromatic heterocycles. The maximum atomic E-state index is 6.32. The minimum absolute atomic E-state index is 0.0514. The van der Waals surface area contributed by atoms with E-state index in [0.717, 1.165) is 16.9 Å². The molecule has 2 unspecified atom stereocenters. The second-order valence-corrected chi connectivity index (χ2v) is 5.80. The Balaban J connectivity index is 1.70. The van der Waals surface area contributed by atoms with Gasteiger partial charge in [-0.25, -0.2) is 0 Å². The third-order valence-electron chi connectivity index (χ3n) is 4.12. The van der Waals surface area contributed by atoms with Crippen molar-refractivity contribution in [2.45, 2.75) is 25.3 Å². The number of methoxy groups -OCH3 is 1. The van der Waals surface area contributed by atoms with E-state index in [2.05, 4.69) is 10.1 Å². The molecule has 3 aromatic rings. The Bertz CT molecular complexity index is 769. The molecule has 0 radical (unpaired) electrons. The molecule has 0 spiro atoms. The van der Waals surface area contributed by atoms with Crippen LogP contribution in [0.2, 0.25) is 0 Å². The smallest absolute Gasteiger partial charge is 0.231 e. The molecule has 0 aliphatic carbocycles. The molecule has 5 nitrogen and oxygen atoms in total. The maximum Gasteiger partial charge on any atom is 0.231 e. The van der Waals surface area contributed by atoms with E-state index in [4.69, 9.17) is 15.0 Å². The van der Waals surface area contributed by atoms with Crippen molar-refractivity contribution in [2.75, 3.05) is 7.11 Å². The van der Waals surface area contributed by atoms with Gasteiger partial charge < -0.3 is 15.0 Å². The summed E-state index contributed by atoms with van der Waals surface area (Å²) in [6.07, 6.45) is 0.612. The van der Waals surface area contributed by atoms with Crippen LogP contribution in [-0.4, -0.2) is 17.3 Å².